The Morgan fingerprint density at radius 2 is 2.38 bits per heavy atom. The van der Waals surface area contributed by atoms with Crippen molar-refractivity contribution in [3.63, 3.8) is 0 Å². The molecule has 24 heavy (non-hydrogen) atoms. The maximum atomic E-state index is 12.7. The SMILES string of the molecule is C=CCNC(=O)c1ccc2c(=O)n(C[C@@H]3CCCO3)c(=S)[nH]c2c1. The van der Waals surface area contributed by atoms with Crippen LogP contribution in [0.5, 0.6) is 0 Å². The number of fused-ring (bicyclic) bond motifs is 1. The lowest BCUT2D eigenvalue weighted by molar-refractivity contribution is 0.0955. The van der Waals surface area contributed by atoms with Crippen LogP contribution in [0.3, 0.4) is 0 Å². The van der Waals surface area contributed by atoms with Gasteiger partial charge in [-0.15, -0.1) is 6.58 Å². The van der Waals surface area contributed by atoms with E-state index in [9.17, 15) is 9.59 Å². The van der Waals surface area contributed by atoms with Gasteiger partial charge in [0.25, 0.3) is 11.5 Å². The number of nitrogens with zero attached hydrogens (tertiary/aromatic N) is 1. The highest BCUT2D eigenvalue weighted by atomic mass is 32.1. The zero-order valence-electron chi connectivity index (χ0n) is 13.2. The molecule has 0 radical (unpaired) electrons. The van der Waals surface area contributed by atoms with Gasteiger partial charge in [-0.25, -0.2) is 0 Å². The van der Waals surface area contributed by atoms with E-state index in [-0.39, 0.29) is 17.6 Å². The first kappa shape index (κ1) is 16.6. The van der Waals surface area contributed by atoms with Gasteiger partial charge >= 0.3 is 0 Å². The number of benzene rings is 1. The van der Waals surface area contributed by atoms with Crippen LogP contribution in [0.25, 0.3) is 10.9 Å². The summed E-state index contributed by atoms with van der Waals surface area (Å²) in [6.45, 7) is 5.13. The van der Waals surface area contributed by atoms with Crippen molar-refractivity contribution in [3.05, 3.63) is 51.5 Å². The number of carbonyl (C=O) groups excluding carboxylic acids is 1. The maximum Gasteiger partial charge on any atom is 0.262 e. The fourth-order valence-electron chi connectivity index (χ4n) is 2.82. The number of amides is 1. The average Bonchev–Trinajstić information content (AvgIpc) is 3.09. The molecule has 1 aliphatic heterocycles. The van der Waals surface area contributed by atoms with Crippen molar-refractivity contribution in [2.24, 2.45) is 0 Å². The minimum absolute atomic E-state index is 0.0270. The Bertz CT molecular complexity index is 894. The van der Waals surface area contributed by atoms with Gasteiger partial charge in [0.05, 0.1) is 23.6 Å². The number of aromatic amines is 1. The average molecular weight is 345 g/mol. The van der Waals surface area contributed by atoms with E-state index in [2.05, 4.69) is 16.9 Å². The lowest BCUT2D eigenvalue weighted by Crippen LogP contribution is -2.28. The summed E-state index contributed by atoms with van der Waals surface area (Å²) in [5, 5.41) is 3.21. The van der Waals surface area contributed by atoms with E-state index in [0.29, 0.717) is 34.3 Å². The largest absolute Gasteiger partial charge is 0.376 e. The molecule has 7 heteroatoms. The van der Waals surface area contributed by atoms with Crippen LogP contribution >= 0.6 is 12.2 Å². The zero-order chi connectivity index (χ0) is 17.1. The van der Waals surface area contributed by atoms with E-state index < -0.39 is 0 Å². The number of rotatable bonds is 5. The number of carbonyl (C=O) groups is 1. The number of hydrogen-bond donors (Lipinski definition) is 2. The van der Waals surface area contributed by atoms with Crippen molar-refractivity contribution in [3.8, 4) is 0 Å². The fraction of sp³-hybridized carbons (Fsp3) is 0.353. The van der Waals surface area contributed by atoms with Crippen LogP contribution in [0.4, 0.5) is 0 Å². The third-order valence-corrected chi connectivity index (χ3v) is 4.38. The standard InChI is InChI=1S/C17H19N3O3S/c1-2-7-18-15(21)11-5-6-13-14(9-11)19-17(24)20(16(13)22)10-12-4-3-8-23-12/h2,5-6,9,12H,1,3-4,7-8,10H2,(H,18,21)(H,19,24)/t12-/m0/s1. The summed E-state index contributed by atoms with van der Waals surface area (Å²) >= 11 is 5.32. The zero-order valence-corrected chi connectivity index (χ0v) is 14.0. The van der Waals surface area contributed by atoms with Crippen LogP contribution in [-0.2, 0) is 11.3 Å². The second-order valence-electron chi connectivity index (χ2n) is 5.74. The number of aromatic nitrogens is 2. The van der Waals surface area contributed by atoms with Gasteiger partial charge in [0.15, 0.2) is 4.77 Å². The fourth-order valence-corrected chi connectivity index (χ4v) is 3.09. The van der Waals surface area contributed by atoms with Crippen LogP contribution < -0.4 is 10.9 Å². The van der Waals surface area contributed by atoms with E-state index in [1.807, 2.05) is 0 Å². The first-order valence-electron chi connectivity index (χ1n) is 7.87. The third kappa shape index (κ3) is 3.32. The summed E-state index contributed by atoms with van der Waals surface area (Å²) in [6.07, 6.45) is 3.57. The molecule has 1 aromatic heterocycles. The predicted molar refractivity (Wildman–Crippen MR) is 94.9 cm³/mol. The van der Waals surface area contributed by atoms with E-state index in [1.54, 1.807) is 24.3 Å². The summed E-state index contributed by atoms with van der Waals surface area (Å²) in [5.41, 5.74) is 0.855. The first-order chi connectivity index (χ1) is 11.6. The minimum Gasteiger partial charge on any atom is -0.376 e. The number of hydrogen-bond acceptors (Lipinski definition) is 4. The molecule has 2 aromatic rings. The van der Waals surface area contributed by atoms with Crippen molar-refractivity contribution < 1.29 is 9.53 Å². The second kappa shape index (κ2) is 7.11. The van der Waals surface area contributed by atoms with Gasteiger partial charge in [-0.2, -0.15) is 0 Å². The summed E-state index contributed by atoms with van der Waals surface area (Å²) < 4.78 is 7.46. The Morgan fingerprint density at radius 1 is 1.54 bits per heavy atom. The predicted octanol–water partition coefficient (Wildman–Crippen LogP) is 2.15. The molecule has 3 rings (SSSR count). The lowest BCUT2D eigenvalue weighted by atomic mass is 10.1. The molecule has 2 N–H and O–H groups in total. The number of nitrogens with one attached hydrogen (secondary N) is 2. The molecule has 1 saturated heterocycles. The maximum absolute atomic E-state index is 12.7. The Hall–Kier alpha value is -2.25. The molecule has 0 unspecified atom stereocenters. The lowest BCUT2D eigenvalue weighted by Gasteiger charge is -2.13. The molecule has 126 valence electrons. The van der Waals surface area contributed by atoms with Gasteiger partial charge in [-0.1, -0.05) is 6.08 Å². The normalized spacial score (nSPS) is 17.1. The summed E-state index contributed by atoms with van der Waals surface area (Å²) in [4.78, 5) is 27.8. The van der Waals surface area contributed by atoms with E-state index in [1.165, 1.54) is 4.57 Å². The molecule has 1 atom stereocenters. The topological polar surface area (TPSA) is 76.1 Å². The van der Waals surface area contributed by atoms with Crippen LogP contribution in [-0.4, -0.2) is 34.7 Å². The molecule has 0 bridgehead atoms. The van der Waals surface area contributed by atoms with Crippen LogP contribution in [0.1, 0.15) is 23.2 Å². The molecular weight excluding hydrogens is 326 g/mol. The Morgan fingerprint density at radius 3 is 3.08 bits per heavy atom. The molecule has 1 amide bonds. The molecule has 1 aromatic carbocycles. The molecule has 0 aliphatic carbocycles. The summed E-state index contributed by atoms with van der Waals surface area (Å²) in [7, 11) is 0. The van der Waals surface area contributed by atoms with Crippen molar-refractivity contribution in [2.75, 3.05) is 13.2 Å². The second-order valence-corrected chi connectivity index (χ2v) is 6.13. The van der Waals surface area contributed by atoms with E-state index >= 15 is 0 Å². The monoisotopic (exact) mass is 345 g/mol. The van der Waals surface area contributed by atoms with Crippen molar-refractivity contribution in [1.82, 2.24) is 14.9 Å². The number of H-pyrrole nitrogens is 1. The van der Waals surface area contributed by atoms with Crippen LogP contribution in [0.15, 0.2) is 35.6 Å². The Kier molecular flexibility index (Phi) is 4.92. The third-order valence-electron chi connectivity index (χ3n) is 4.06. The molecular formula is C17H19N3O3S. The molecule has 6 nitrogen and oxygen atoms in total. The highest BCUT2D eigenvalue weighted by molar-refractivity contribution is 7.71. The highest BCUT2D eigenvalue weighted by Crippen LogP contribution is 2.15. The quantitative estimate of drug-likeness (QED) is 0.643. The Labute approximate surface area is 144 Å². The van der Waals surface area contributed by atoms with Gasteiger partial charge in [0, 0.05) is 18.7 Å². The number of ether oxygens (including phenoxy) is 1. The smallest absolute Gasteiger partial charge is 0.262 e. The van der Waals surface area contributed by atoms with E-state index in [0.717, 1.165) is 19.4 Å². The highest BCUT2D eigenvalue weighted by Gasteiger charge is 2.18. The van der Waals surface area contributed by atoms with Gasteiger partial charge < -0.3 is 15.0 Å². The Balaban J connectivity index is 1.97. The van der Waals surface area contributed by atoms with Crippen LogP contribution in [0, 0.1) is 4.77 Å². The van der Waals surface area contributed by atoms with Crippen molar-refractivity contribution >= 4 is 29.0 Å². The van der Waals surface area contributed by atoms with Crippen molar-refractivity contribution in [2.45, 2.75) is 25.5 Å². The van der Waals surface area contributed by atoms with E-state index in [4.69, 9.17) is 17.0 Å². The van der Waals surface area contributed by atoms with Gasteiger partial charge in [-0.05, 0) is 43.3 Å². The summed E-state index contributed by atoms with van der Waals surface area (Å²) in [5.74, 6) is -0.223. The molecule has 2 heterocycles. The van der Waals surface area contributed by atoms with Gasteiger partial charge in [0.1, 0.15) is 0 Å². The summed E-state index contributed by atoms with van der Waals surface area (Å²) in [6, 6.07) is 4.93. The molecule has 0 saturated carbocycles. The van der Waals surface area contributed by atoms with Crippen LogP contribution in [0.2, 0.25) is 0 Å². The minimum atomic E-state index is -0.223. The first-order valence-corrected chi connectivity index (χ1v) is 8.28. The molecule has 1 aliphatic rings. The molecule has 1 fully saturated rings. The molecule has 0 spiro atoms. The van der Waals surface area contributed by atoms with Crippen molar-refractivity contribution in [1.29, 1.82) is 0 Å². The van der Waals surface area contributed by atoms with Gasteiger partial charge in [-0.3, -0.25) is 14.2 Å². The van der Waals surface area contributed by atoms with Gasteiger partial charge in [0.2, 0.25) is 0 Å².